The molecule has 2 aliphatic heterocycles. The van der Waals surface area contributed by atoms with E-state index in [0.717, 1.165) is 31.6 Å². The van der Waals surface area contributed by atoms with E-state index in [1.807, 2.05) is 0 Å². The molecule has 0 radical (unpaired) electrons. The van der Waals surface area contributed by atoms with Gasteiger partial charge in [-0.25, -0.2) is 0 Å². The lowest BCUT2D eigenvalue weighted by Crippen LogP contribution is -2.61. The summed E-state index contributed by atoms with van der Waals surface area (Å²) in [4.78, 5) is 31.0. The zero-order chi connectivity index (χ0) is 26.2. The molecule has 2 amide bonds. The Labute approximate surface area is 226 Å². The zero-order valence-electron chi connectivity index (χ0n) is 20.6. The predicted molar refractivity (Wildman–Crippen MR) is 144 cm³/mol. The molecular formula is C26H31Cl3N4O3. The van der Waals surface area contributed by atoms with Crippen LogP contribution in [0.5, 0.6) is 0 Å². The van der Waals surface area contributed by atoms with Crippen molar-refractivity contribution in [2.75, 3.05) is 45.6 Å². The molecule has 2 aromatic carbocycles. The summed E-state index contributed by atoms with van der Waals surface area (Å²) < 4.78 is 0. The Balaban J connectivity index is 1.28. The molecule has 2 aromatic rings. The minimum Gasteiger partial charge on any atom is -0.380 e. The molecule has 1 atom stereocenters. The number of piperidine rings is 1. The lowest BCUT2D eigenvalue weighted by atomic mass is 9.92. The minimum absolute atomic E-state index is 0.231. The van der Waals surface area contributed by atoms with E-state index in [1.165, 1.54) is 11.8 Å². The van der Waals surface area contributed by atoms with Gasteiger partial charge in [-0.2, -0.15) is 0 Å². The Kier molecular flexibility index (Phi) is 8.07. The molecule has 0 unspecified atom stereocenters. The Hall–Kier alpha value is -2.03. The fourth-order valence-corrected chi connectivity index (χ4v) is 5.72. The number of hydrogen-bond acceptors (Lipinski definition) is 5. The highest BCUT2D eigenvalue weighted by Crippen LogP contribution is 2.32. The van der Waals surface area contributed by atoms with Gasteiger partial charge in [0.15, 0.2) is 5.60 Å². The molecule has 0 aliphatic carbocycles. The van der Waals surface area contributed by atoms with Crippen molar-refractivity contribution in [3.63, 3.8) is 0 Å². The number of amides is 2. The number of halogens is 3. The van der Waals surface area contributed by atoms with Gasteiger partial charge in [0, 0.05) is 57.0 Å². The first-order chi connectivity index (χ1) is 17.0. The highest BCUT2D eigenvalue weighted by Gasteiger charge is 2.40. The molecule has 36 heavy (non-hydrogen) atoms. The SMILES string of the molecule is CN(C)C(=O)c1c(Cl)cc(NC2CN(C3CCN(C(=O)[C@@](C)(O)c4cccc(Cl)c4)CC3)C2)cc1Cl. The Morgan fingerprint density at radius 3 is 2.22 bits per heavy atom. The van der Waals surface area contributed by atoms with Gasteiger partial charge in [-0.05, 0) is 49.6 Å². The highest BCUT2D eigenvalue weighted by atomic mass is 35.5. The lowest BCUT2D eigenvalue weighted by Gasteiger charge is -2.48. The molecule has 0 saturated carbocycles. The Morgan fingerprint density at radius 2 is 1.67 bits per heavy atom. The minimum atomic E-state index is -1.61. The topological polar surface area (TPSA) is 76.1 Å². The molecule has 2 saturated heterocycles. The van der Waals surface area contributed by atoms with Crippen molar-refractivity contribution >= 4 is 52.3 Å². The van der Waals surface area contributed by atoms with Gasteiger partial charge in [0.25, 0.3) is 11.8 Å². The number of carbonyl (C=O) groups is 2. The van der Waals surface area contributed by atoms with E-state index in [4.69, 9.17) is 34.8 Å². The van der Waals surface area contributed by atoms with E-state index in [-0.39, 0.29) is 17.9 Å². The summed E-state index contributed by atoms with van der Waals surface area (Å²) in [5.41, 5.74) is -0.0230. The third-order valence-corrected chi connectivity index (χ3v) is 7.85. The van der Waals surface area contributed by atoms with Gasteiger partial charge >= 0.3 is 0 Å². The monoisotopic (exact) mass is 552 g/mol. The number of benzene rings is 2. The molecule has 2 aliphatic rings. The molecule has 2 heterocycles. The van der Waals surface area contributed by atoms with Crippen molar-refractivity contribution in [2.45, 2.75) is 37.5 Å². The molecule has 2 fully saturated rings. The van der Waals surface area contributed by atoms with Crippen molar-refractivity contribution in [1.29, 1.82) is 0 Å². The molecular weight excluding hydrogens is 523 g/mol. The van der Waals surface area contributed by atoms with Crippen molar-refractivity contribution in [3.05, 3.63) is 62.6 Å². The molecule has 0 bridgehead atoms. The molecule has 0 aromatic heterocycles. The van der Waals surface area contributed by atoms with Crippen molar-refractivity contribution in [3.8, 4) is 0 Å². The highest BCUT2D eigenvalue weighted by molar-refractivity contribution is 6.40. The number of hydrogen-bond donors (Lipinski definition) is 2. The summed E-state index contributed by atoms with van der Waals surface area (Å²) in [5.74, 6) is -0.526. The van der Waals surface area contributed by atoms with Gasteiger partial charge in [0.1, 0.15) is 0 Å². The van der Waals surface area contributed by atoms with E-state index in [2.05, 4.69) is 10.2 Å². The summed E-state index contributed by atoms with van der Waals surface area (Å²) in [5, 5.41) is 15.5. The third kappa shape index (κ3) is 5.60. The van der Waals surface area contributed by atoms with E-state index in [1.54, 1.807) is 55.4 Å². The van der Waals surface area contributed by atoms with Crippen LogP contribution in [0.2, 0.25) is 15.1 Å². The maximum Gasteiger partial charge on any atom is 0.258 e. The second-order valence-electron chi connectivity index (χ2n) is 9.92. The zero-order valence-corrected chi connectivity index (χ0v) is 22.9. The summed E-state index contributed by atoms with van der Waals surface area (Å²) in [6, 6.07) is 10.9. The van der Waals surface area contributed by atoms with Crippen molar-refractivity contribution in [1.82, 2.24) is 14.7 Å². The van der Waals surface area contributed by atoms with E-state index in [9.17, 15) is 14.7 Å². The quantitative estimate of drug-likeness (QED) is 0.557. The number of carbonyl (C=O) groups excluding carboxylic acids is 2. The van der Waals surface area contributed by atoms with Crippen LogP contribution in [0.1, 0.15) is 35.7 Å². The average molecular weight is 554 g/mol. The van der Waals surface area contributed by atoms with Gasteiger partial charge < -0.3 is 20.2 Å². The molecule has 4 rings (SSSR count). The lowest BCUT2D eigenvalue weighted by molar-refractivity contribution is -0.152. The third-order valence-electron chi connectivity index (χ3n) is 7.01. The fraction of sp³-hybridized carbons (Fsp3) is 0.462. The normalized spacial score (nSPS) is 18.9. The van der Waals surface area contributed by atoms with Gasteiger partial charge in [-0.3, -0.25) is 14.5 Å². The van der Waals surface area contributed by atoms with Crippen LogP contribution in [0.4, 0.5) is 5.69 Å². The van der Waals surface area contributed by atoms with Gasteiger partial charge in [0.2, 0.25) is 0 Å². The number of anilines is 1. The van der Waals surface area contributed by atoms with E-state index >= 15 is 0 Å². The molecule has 10 heteroatoms. The van der Waals surface area contributed by atoms with Crippen molar-refractivity contribution in [2.24, 2.45) is 0 Å². The average Bonchev–Trinajstić information content (AvgIpc) is 2.80. The van der Waals surface area contributed by atoms with Crippen LogP contribution < -0.4 is 5.32 Å². The smallest absolute Gasteiger partial charge is 0.258 e. The van der Waals surface area contributed by atoms with Gasteiger partial charge in [0.05, 0.1) is 21.7 Å². The van der Waals surface area contributed by atoms with Crippen LogP contribution in [-0.2, 0) is 10.4 Å². The maximum atomic E-state index is 13.1. The Bertz CT molecular complexity index is 1120. The standard InChI is InChI=1S/C26H31Cl3N4O3/c1-26(36,16-5-4-6-17(27)11-16)25(35)32-9-7-20(8-10-32)33-14-19(15-33)30-18-12-21(28)23(22(29)13-18)24(34)31(2)3/h4-6,11-13,19-20,30,36H,7-10,14-15H2,1-3H3/t26-/m0/s1. The first-order valence-corrected chi connectivity index (χ1v) is 13.1. The van der Waals surface area contributed by atoms with Gasteiger partial charge in [-0.1, -0.05) is 46.9 Å². The number of nitrogens with zero attached hydrogens (tertiary/aromatic N) is 3. The largest absolute Gasteiger partial charge is 0.380 e. The number of nitrogens with one attached hydrogen (secondary N) is 1. The number of likely N-dealkylation sites (tertiary alicyclic amines) is 2. The van der Waals surface area contributed by atoms with E-state index < -0.39 is 5.60 Å². The molecule has 194 valence electrons. The van der Waals surface area contributed by atoms with Crippen molar-refractivity contribution < 1.29 is 14.7 Å². The van der Waals surface area contributed by atoms with Crippen LogP contribution in [0, 0.1) is 0 Å². The summed E-state index contributed by atoms with van der Waals surface area (Å²) >= 11 is 18.7. The van der Waals surface area contributed by atoms with Crippen LogP contribution in [-0.4, -0.2) is 84.0 Å². The fourth-order valence-electron chi connectivity index (χ4n) is 4.88. The Morgan fingerprint density at radius 1 is 1.06 bits per heavy atom. The number of rotatable bonds is 6. The molecule has 0 spiro atoms. The molecule has 2 N–H and O–H groups in total. The summed E-state index contributed by atoms with van der Waals surface area (Å²) in [7, 11) is 3.32. The number of aliphatic hydroxyl groups is 1. The van der Waals surface area contributed by atoms with Gasteiger partial charge in [-0.15, -0.1) is 0 Å². The first kappa shape index (κ1) is 27.0. The van der Waals surface area contributed by atoms with E-state index in [0.29, 0.717) is 45.3 Å². The van der Waals surface area contributed by atoms with Crippen LogP contribution in [0.25, 0.3) is 0 Å². The van der Waals surface area contributed by atoms with Crippen LogP contribution in [0.15, 0.2) is 36.4 Å². The first-order valence-electron chi connectivity index (χ1n) is 12.0. The predicted octanol–water partition coefficient (Wildman–Crippen LogP) is 4.34. The second kappa shape index (κ2) is 10.8. The van der Waals surface area contributed by atoms with Crippen LogP contribution >= 0.6 is 34.8 Å². The van der Waals surface area contributed by atoms with Crippen LogP contribution in [0.3, 0.4) is 0 Å². The summed E-state index contributed by atoms with van der Waals surface area (Å²) in [6.45, 7) is 4.46. The maximum absolute atomic E-state index is 13.1. The molecule has 7 nitrogen and oxygen atoms in total. The summed E-state index contributed by atoms with van der Waals surface area (Å²) in [6.07, 6.45) is 1.70. The second-order valence-corrected chi connectivity index (χ2v) is 11.2.